The molecule has 17 heavy (non-hydrogen) atoms. The largest absolute Gasteiger partial charge is 0.307 e. The quantitative estimate of drug-likeness (QED) is 0.853. The maximum atomic E-state index is 11.9. The van der Waals surface area contributed by atoms with Gasteiger partial charge in [0.05, 0.1) is 0 Å². The van der Waals surface area contributed by atoms with E-state index in [2.05, 4.69) is 17.2 Å². The zero-order chi connectivity index (χ0) is 12.3. The highest BCUT2D eigenvalue weighted by atomic mass is 16.1. The number of rotatable bonds is 2. The molecule has 1 aromatic heterocycles. The van der Waals surface area contributed by atoms with Crippen molar-refractivity contribution in [2.24, 2.45) is 0 Å². The van der Waals surface area contributed by atoms with Crippen LogP contribution in [-0.2, 0) is 0 Å². The molecule has 3 heteroatoms. The molecule has 1 aromatic carbocycles. The second-order valence-corrected chi connectivity index (χ2v) is 3.88. The van der Waals surface area contributed by atoms with Crippen LogP contribution in [0.15, 0.2) is 42.6 Å². The molecule has 1 heterocycles. The van der Waals surface area contributed by atoms with E-state index in [-0.39, 0.29) is 5.91 Å². The molecule has 0 aliphatic rings. The molecule has 2 rings (SSSR count). The van der Waals surface area contributed by atoms with Crippen molar-refractivity contribution in [3.63, 3.8) is 0 Å². The summed E-state index contributed by atoms with van der Waals surface area (Å²) in [4.78, 5) is 16.0. The minimum atomic E-state index is -0.174. The molecule has 1 amide bonds. The van der Waals surface area contributed by atoms with Gasteiger partial charge in [-0.2, -0.15) is 0 Å². The first kappa shape index (κ1) is 11.3. The van der Waals surface area contributed by atoms with Gasteiger partial charge in [-0.15, -0.1) is 0 Å². The number of benzene rings is 1. The van der Waals surface area contributed by atoms with Crippen LogP contribution in [0.3, 0.4) is 0 Å². The second-order valence-electron chi connectivity index (χ2n) is 3.88. The molecule has 2 aromatic rings. The molecule has 0 fully saturated rings. The fourth-order valence-electron chi connectivity index (χ4n) is 1.44. The summed E-state index contributed by atoms with van der Waals surface area (Å²) in [7, 11) is 0. The van der Waals surface area contributed by atoms with Crippen LogP contribution in [0, 0.1) is 13.8 Å². The van der Waals surface area contributed by atoms with Crippen LogP contribution in [0.2, 0.25) is 0 Å². The van der Waals surface area contributed by atoms with Crippen molar-refractivity contribution >= 4 is 11.7 Å². The Kier molecular flexibility index (Phi) is 3.19. The maximum absolute atomic E-state index is 11.9. The van der Waals surface area contributed by atoms with Gasteiger partial charge in [0.25, 0.3) is 5.91 Å². The van der Waals surface area contributed by atoms with Crippen molar-refractivity contribution in [1.29, 1.82) is 0 Å². The van der Waals surface area contributed by atoms with Gasteiger partial charge < -0.3 is 5.32 Å². The van der Waals surface area contributed by atoms with Gasteiger partial charge in [0.2, 0.25) is 0 Å². The summed E-state index contributed by atoms with van der Waals surface area (Å²) in [6, 6.07) is 10.8. The van der Waals surface area contributed by atoms with Gasteiger partial charge in [0.15, 0.2) is 0 Å². The highest BCUT2D eigenvalue weighted by molar-refractivity contribution is 6.03. The first-order valence-corrected chi connectivity index (χ1v) is 5.31. The summed E-state index contributed by atoms with van der Waals surface area (Å²) >= 11 is 0. The Morgan fingerprint density at radius 3 is 2.76 bits per heavy atom. The van der Waals surface area contributed by atoms with E-state index in [1.807, 2.05) is 19.1 Å². The highest BCUT2D eigenvalue weighted by Gasteiger charge is 2.06. The van der Waals surface area contributed by atoms with E-state index < -0.39 is 0 Å². The van der Waals surface area contributed by atoms with Crippen LogP contribution < -0.4 is 5.32 Å². The number of hydrogen-bond acceptors (Lipinski definition) is 2. The molecular formula is C14H13N2O. The number of pyridine rings is 1. The van der Waals surface area contributed by atoms with E-state index in [4.69, 9.17) is 0 Å². The standard InChI is InChI=1S/C14H13N2O/c1-10-4-3-5-12(8-10)14(17)16-13-7-6-11(2)9-15-13/h3-9H,1H2,2H3,(H,15,16,17). The van der Waals surface area contributed by atoms with Crippen LogP contribution in [0.5, 0.6) is 0 Å². The van der Waals surface area contributed by atoms with E-state index in [9.17, 15) is 4.79 Å². The Hall–Kier alpha value is -2.16. The lowest BCUT2D eigenvalue weighted by molar-refractivity contribution is 0.102. The van der Waals surface area contributed by atoms with Gasteiger partial charge in [-0.25, -0.2) is 4.98 Å². The van der Waals surface area contributed by atoms with Crippen molar-refractivity contribution in [3.8, 4) is 0 Å². The van der Waals surface area contributed by atoms with Crippen molar-refractivity contribution < 1.29 is 4.79 Å². The average molecular weight is 225 g/mol. The first-order chi connectivity index (χ1) is 8.15. The van der Waals surface area contributed by atoms with Crippen LogP contribution in [0.25, 0.3) is 0 Å². The Balaban J connectivity index is 2.14. The van der Waals surface area contributed by atoms with Gasteiger partial charge >= 0.3 is 0 Å². The molecule has 0 bridgehead atoms. The van der Waals surface area contributed by atoms with Crippen molar-refractivity contribution in [3.05, 3.63) is 66.2 Å². The number of aryl methyl sites for hydroxylation is 1. The lowest BCUT2D eigenvalue weighted by atomic mass is 10.1. The third kappa shape index (κ3) is 2.91. The number of carbonyl (C=O) groups excluding carboxylic acids is 1. The Morgan fingerprint density at radius 1 is 1.29 bits per heavy atom. The molecule has 0 aliphatic carbocycles. The second kappa shape index (κ2) is 4.78. The third-order valence-corrected chi connectivity index (χ3v) is 2.34. The highest BCUT2D eigenvalue weighted by Crippen LogP contribution is 2.08. The van der Waals surface area contributed by atoms with Crippen LogP contribution >= 0.6 is 0 Å². The summed E-state index contributed by atoms with van der Waals surface area (Å²) in [6.45, 7) is 5.74. The molecular weight excluding hydrogens is 212 g/mol. The Labute approximate surface area is 101 Å². The fourth-order valence-corrected chi connectivity index (χ4v) is 1.44. The van der Waals surface area contributed by atoms with Gasteiger partial charge in [-0.1, -0.05) is 18.2 Å². The van der Waals surface area contributed by atoms with E-state index in [1.165, 1.54) is 0 Å². The minimum Gasteiger partial charge on any atom is -0.307 e. The SMILES string of the molecule is [CH2]c1cccc(C(=O)Nc2ccc(C)cn2)c1. The molecule has 0 unspecified atom stereocenters. The fraction of sp³-hybridized carbons (Fsp3) is 0.0714. The average Bonchev–Trinajstić information content (AvgIpc) is 2.32. The van der Waals surface area contributed by atoms with Gasteiger partial charge in [0.1, 0.15) is 5.82 Å². The summed E-state index contributed by atoms with van der Waals surface area (Å²) in [5.74, 6) is 0.377. The van der Waals surface area contributed by atoms with E-state index in [0.29, 0.717) is 11.4 Å². The molecule has 0 saturated carbocycles. The van der Waals surface area contributed by atoms with E-state index >= 15 is 0 Å². The Bertz CT molecular complexity index is 532. The van der Waals surface area contributed by atoms with Crippen LogP contribution in [0.4, 0.5) is 5.82 Å². The van der Waals surface area contributed by atoms with Crippen molar-refractivity contribution in [1.82, 2.24) is 4.98 Å². The van der Waals surface area contributed by atoms with Crippen LogP contribution in [0.1, 0.15) is 21.5 Å². The molecule has 85 valence electrons. The normalized spacial score (nSPS) is 10.0. The molecule has 0 saturated heterocycles. The lowest BCUT2D eigenvalue weighted by Gasteiger charge is -2.05. The first-order valence-electron chi connectivity index (χ1n) is 5.31. The van der Waals surface area contributed by atoms with E-state index in [1.54, 1.807) is 30.5 Å². The number of carbonyl (C=O) groups is 1. The van der Waals surface area contributed by atoms with Crippen molar-refractivity contribution in [2.45, 2.75) is 6.92 Å². The topological polar surface area (TPSA) is 42.0 Å². The molecule has 1 N–H and O–H groups in total. The number of amides is 1. The maximum Gasteiger partial charge on any atom is 0.256 e. The van der Waals surface area contributed by atoms with E-state index in [0.717, 1.165) is 11.1 Å². The summed E-state index contributed by atoms with van der Waals surface area (Å²) < 4.78 is 0. The van der Waals surface area contributed by atoms with Gasteiger partial charge in [-0.3, -0.25) is 4.79 Å². The summed E-state index contributed by atoms with van der Waals surface area (Å²) in [5.41, 5.74) is 2.46. The van der Waals surface area contributed by atoms with Crippen LogP contribution in [-0.4, -0.2) is 10.9 Å². The monoisotopic (exact) mass is 225 g/mol. The molecule has 1 radical (unpaired) electrons. The molecule has 0 atom stereocenters. The third-order valence-electron chi connectivity index (χ3n) is 2.34. The smallest absolute Gasteiger partial charge is 0.256 e. The summed E-state index contributed by atoms with van der Waals surface area (Å²) in [5, 5.41) is 2.73. The molecule has 0 aliphatic heterocycles. The number of nitrogens with zero attached hydrogens (tertiary/aromatic N) is 1. The van der Waals surface area contributed by atoms with Gasteiger partial charge in [0, 0.05) is 11.8 Å². The molecule has 3 nitrogen and oxygen atoms in total. The molecule has 0 spiro atoms. The zero-order valence-electron chi connectivity index (χ0n) is 9.60. The number of anilines is 1. The number of aromatic nitrogens is 1. The number of hydrogen-bond donors (Lipinski definition) is 1. The lowest BCUT2D eigenvalue weighted by Crippen LogP contribution is -2.12. The minimum absolute atomic E-state index is 0.174. The predicted octanol–water partition coefficient (Wildman–Crippen LogP) is 2.82. The van der Waals surface area contributed by atoms with Gasteiger partial charge in [-0.05, 0) is 43.2 Å². The predicted molar refractivity (Wildman–Crippen MR) is 67.8 cm³/mol. The van der Waals surface area contributed by atoms with Crippen molar-refractivity contribution in [2.75, 3.05) is 5.32 Å². The Morgan fingerprint density at radius 2 is 2.12 bits per heavy atom. The summed E-state index contributed by atoms with van der Waals surface area (Å²) in [6.07, 6.45) is 1.72. The zero-order valence-corrected chi connectivity index (χ0v) is 9.60. The number of nitrogens with one attached hydrogen (secondary N) is 1.